The highest BCUT2D eigenvalue weighted by Crippen LogP contribution is 2.24. The topological polar surface area (TPSA) is 85.8 Å². The molecule has 0 aliphatic rings. The Bertz CT molecular complexity index is 974. The largest absolute Gasteiger partial charge is 0.334 e. The van der Waals surface area contributed by atoms with Crippen LogP contribution in [0.1, 0.15) is 5.56 Å². The van der Waals surface area contributed by atoms with Gasteiger partial charge in [0.2, 0.25) is 11.0 Å². The molecule has 0 radical (unpaired) electrons. The van der Waals surface area contributed by atoms with Crippen molar-refractivity contribution in [2.45, 2.75) is 10.9 Å². The molecule has 3 rings (SSSR count). The number of hydrogen-bond acceptors (Lipinski definition) is 6. The fourth-order valence-electron chi connectivity index (χ4n) is 2.05. The van der Waals surface area contributed by atoms with Gasteiger partial charge in [0.25, 0.3) is 0 Å². The third-order valence-corrected chi connectivity index (χ3v) is 4.97. The Hall–Kier alpha value is -1.93. The lowest BCUT2D eigenvalue weighted by Crippen LogP contribution is -2.32. The number of halogens is 3. The fraction of sp³-hybridized carbons (Fsp3) is 0.0625. The van der Waals surface area contributed by atoms with Crippen molar-refractivity contribution in [3.63, 3.8) is 0 Å². The van der Waals surface area contributed by atoms with Crippen molar-refractivity contribution in [1.82, 2.24) is 14.9 Å². The van der Waals surface area contributed by atoms with E-state index in [9.17, 15) is 4.79 Å². The van der Waals surface area contributed by atoms with Gasteiger partial charge in [-0.3, -0.25) is 4.79 Å². The van der Waals surface area contributed by atoms with Gasteiger partial charge in [-0.15, -0.1) is 10.2 Å². The smallest absolute Gasteiger partial charge is 0.315 e. The molecule has 1 aromatic heterocycles. The molecule has 0 bridgehead atoms. The number of anilines is 2. The van der Waals surface area contributed by atoms with E-state index in [0.717, 1.165) is 10.2 Å². The minimum atomic E-state index is -0.519. The molecule has 1 heterocycles. The summed E-state index contributed by atoms with van der Waals surface area (Å²) in [5.74, 6) is 6.40. The number of nitrogen functional groups attached to an aromatic ring is 1. The lowest BCUT2D eigenvalue weighted by Gasteiger charge is -2.09. The van der Waals surface area contributed by atoms with Crippen LogP contribution in [0.3, 0.4) is 0 Å². The average Bonchev–Trinajstić information content (AvgIpc) is 2.59. The third kappa shape index (κ3) is 4.62. The lowest BCUT2D eigenvalue weighted by molar-refractivity contribution is 0.705. The summed E-state index contributed by atoms with van der Waals surface area (Å²) in [5, 5.41) is 12.6. The Balaban J connectivity index is 1.77. The van der Waals surface area contributed by atoms with Crippen molar-refractivity contribution in [3.05, 3.63) is 73.4 Å². The van der Waals surface area contributed by atoms with Crippen LogP contribution >= 0.6 is 46.6 Å². The Labute approximate surface area is 168 Å². The van der Waals surface area contributed by atoms with Crippen molar-refractivity contribution < 1.29 is 0 Å². The van der Waals surface area contributed by atoms with Crippen LogP contribution in [0.25, 0.3) is 0 Å². The summed E-state index contributed by atoms with van der Waals surface area (Å²) in [6, 6.07) is 12.2. The minimum Gasteiger partial charge on any atom is -0.334 e. The normalized spacial score (nSPS) is 10.7. The zero-order chi connectivity index (χ0) is 18.7. The summed E-state index contributed by atoms with van der Waals surface area (Å²) >= 11 is 19.0. The first-order valence-electron chi connectivity index (χ1n) is 7.27. The molecule has 0 aliphatic heterocycles. The number of hydrogen-bond donors (Lipinski definition) is 2. The van der Waals surface area contributed by atoms with Crippen LogP contribution in [0.2, 0.25) is 15.1 Å². The molecule has 26 heavy (non-hydrogen) atoms. The Morgan fingerprint density at radius 2 is 1.65 bits per heavy atom. The van der Waals surface area contributed by atoms with Crippen LogP contribution in [0.15, 0.2) is 52.4 Å². The molecule has 0 atom stereocenters. The molecule has 0 saturated carbocycles. The number of benzene rings is 2. The minimum absolute atomic E-state index is 0.0262. The van der Waals surface area contributed by atoms with E-state index < -0.39 is 5.56 Å². The maximum absolute atomic E-state index is 12.4. The van der Waals surface area contributed by atoms with Gasteiger partial charge in [0, 0.05) is 26.5 Å². The van der Waals surface area contributed by atoms with Crippen LogP contribution in [0, 0.1) is 0 Å². The van der Waals surface area contributed by atoms with E-state index in [-0.39, 0.29) is 5.82 Å². The molecule has 0 amide bonds. The standard InChI is InChI=1S/C16H12Cl3N5OS/c17-10-3-1-9(2-4-10)8-26-16-23-22-14(15(25)24(16)20)21-13-6-11(18)5-12(19)7-13/h1-7H,8,20H2,(H,21,22). The molecule has 2 aromatic carbocycles. The SMILES string of the molecule is Nn1c(SCc2ccc(Cl)cc2)nnc(Nc2cc(Cl)cc(Cl)c2)c1=O. The monoisotopic (exact) mass is 427 g/mol. The molecule has 0 unspecified atom stereocenters. The molecule has 0 fully saturated rings. The Kier molecular flexibility index (Phi) is 5.93. The average molecular weight is 429 g/mol. The van der Waals surface area contributed by atoms with Crippen molar-refractivity contribution in [1.29, 1.82) is 0 Å². The molecule has 134 valence electrons. The van der Waals surface area contributed by atoms with E-state index in [1.165, 1.54) is 11.8 Å². The summed E-state index contributed by atoms with van der Waals surface area (Å²) in [5.41, 5.74) is 1.01. The predicted molar refractivity (Wildman–Crippen MR) is 107 cm³/mol. The molecule has 6 nitrogen and oxygen atoms in total. The fourth-order valence-corrected chi connectivity index (χ4v) is 3.51. The molecule has 10 heteroatoms. The van der Waals surface area contributed by atoms with E-state index in [0.29, 0.717) is 31.7 Å². The van der Waals surface area contributed by atoms with Gasteiger partial charge in [0.15, 0.2) is 0 Å². The highest BCUT2D eigenvalue weighted by atomic mass is 35.5. The van der Waals surface area contributed by atoms with E-state index in [4.69, 9.17) is 40.6 Å². The van der Waals surface area contributed by atoms with Gasteiger partial charge in [-0.2, -0.15) is 4.68 Å². The quantitative estimate of drug-likeness (QED) is 0.464. The molecule has 3 aromatic rings. The van der Waals surface area contributed by atoms with Gasteiger partial charge in [-0.05, 0) is 35.9 Å². The van der Waals surface area contributed by atoms with E-state index >= 15 is 0 Å². The summed E-state index contributed by atoms with van der Waals surface area (Å²) in [6.07, 6.45) is 0. The predicted octanol–water partition coefficient (Wildman–Crippen LogP) is 4.35. The summed E-state index contributed by atoms with van der Waals surface area (Å²) in [6.45, 7) is 0. The third-order valence-electron chi connectivity index (χ3n) is 3.27. The van der Waals surface area contributed by atoms with Gasteiger partial charge in [0.1, 0.15) is 0 Å². The first-order valence-corrected chi connectivity index (χ1v) is 9.39. The molecular weight excluding hydrogens is 417 g/mol. The Morgan fingerprint density at radius 1 is 1.00 bits per heavy atom. The number of nitrogens with one attached hydrogen (secondary N) is 1. The van der Waals surface area contributed by atoms with E-state index in [2.05, 4.69) is 15.5 Å². The van der Waals surface area contributed by atoms with Crippen LogP contribution in [-0.2, 0) is 5.75 Å². The molecule has 0 aliphatic carbocycles. The van der Waals surface area contributed by atoms with Gasteiger partial charge < -0.3 is 11.2 Å². The molecule has 0 saturated heterocycles. The van der Waals surface area contributed by atoms with Crippen LogP contribution in [0.5, 0.6) is 0 Å². The van der Waals surface area contributed by atoms with E-state index in [1.54, 1.807) is 30.3 Å². The van der Waals surface area contributed by atoms with Gasteiger partial charge in [-0.25, -0.2) is 0 Å². The van der Waals surface area contributed by atoms with Crippen molar-refractivity contribution in [3.8, 4) is 0 Å². The number of aromatic nitrogens is 3. The van der Waals surface area contributed by atoms with Crippen LogP contribution in [0.4, 0.5) is 11.5 Å². The van der Waals surface area contributed by atoms with Crippen molar-refractivity contribution in [2.24, 2.45) is 0 Å². The van der Waals surface area contributed by atoms with Crippen molar-refractivity contribution in [2.75, 3.05) is 11.2 Å². The first kappa shape index (κ1) is 18.8. The second-order valence-electron chi connectivity index (χ2n) is 5.20. The zero-order valence-electron chi connectivity index (χ0n) is 13.1. The second kappa shape index (κ2) is 8.18. The lowest BCUT2D eigenvalue weighted by atomic mass is 10.2. The molecule has 0 spiro atoms. The summed E-state index contributed by atoms with van der Waals surface area (Å²) in [7, 11) is 0. The first-order chi connectivity index (χ1) is 12.4. The maximum atomic E-state index is 12.4. The summed E-state index contributed by atoms with van der Waals surface area (Å²) in [4.78, 5) is 12.4. The molecular formula is C16H12Cl3N5OS. The van der Waals surface area contributed by atoms with Crippen molar-refractivity contribution >= 4 is 58.1 Å². The second-order valence-corrected chi connectivity index (χ2v) is 7.46. The highest BCUT2D eigenvalue weighted by Gasteiger charge is 2.12. The van der Waals surface area contributed by atoms with Crippen LogP contribution in [-0.4, -0.2) is 14.9 Å². The van der Waals surface area contributed by atoms with Gasteiger partial charge >= 0.3 is 5.56 Å². The van der Waals surface area contributed by atoms with Gasteiger partial charge in [-0.1, -0.05) is 58.7 Å². The number of nitrogens with two attached hydrogens (primary N) is 1. The maximum Gasteiger partial charge on any atom is 0.315 e. The zero-order valence-corrected chi connectivity index (χ0v) is 16.2. The van der Waals surface area contributed by atoms with Gasteiger partial charge in [0.05, 0.1) is 0 Å². The molecule has 3 N–H and O–H groups in total. The van der Waals surface area contributed by atoms with E-state index in [1.807, 2.05) is 12.1 Å². The number of rotatable bonds is 5. The number of thioether (sulfide) groups is 1. The summed E-state index contributed by atoms with van der Waals surface area (Å²) < 4.78 is 0.947. The number of nitrogens with zero attached hydrogens (tertiary/aromatic N) is 3. The highest BCUT2D eigenvalue weighted by molar-refractivity contribution is 7.98. The van der Waals surface area contributed by atoms with Crippen LogP contribution < -0.4 is 16.7 Å². The Morgan fingerprint density at radius 3 is 2.31 bits per heavy atom.